The maximum Gasteiger partial charge on any atom is 0.256 e. The van der Waals surface area contributed by atoms with Gasteiger partial charge in [-0.15, -0.1) is 0 Å². The van der Waals surface area contributed by atoms with Crippen molar-refractivity contribution in [2.75, 3.05) is 5.32 Å². The molecule has 0 saturated heterocycles. The molecule has 0 atom stereocenters. The lowest BCUT2D eigenvalue weighted by Crippen LogP contribution is -2.12. The Labute approximate surface area is 139 Å². The minimum Gasteiger partial charge on any atom is -0.504 e. The van der Waals surface area contributed by atoms with Crippen LogP contribution in [0.1, 0.15) is 15.9 Å². The number of ether oxygens (including phenoxy) is 1. The molecule has 5 nitrogen and oxygen atoms in total. The van der Waals surface area contributed by atoms with E-state index >= 15 is 0 Å². The lowest BCUT2D eigenvalue weighted by atomic mass is 10.2. The molecule has 1 aromatic heterocycles. The molecule has 0 aliphatic heterocycles. The smallest absolute Gasteiger partial charge is 0.256 e. The quantitative estimate of drug-likeness (QED) is 0.753. The minimum atomic E-state index is -0.349. The summed E-state index contributed by atoms with van der Waals surface area (Å²) in [6.07, 6.45) is 1.50. The van der Waals surface area contributed by atoms with Crippen LogP contribution < -0.4 is 10.1 Å². The average Bonchev–Trinajstić information content (AvgIpc) is 2.63. The summed E-state index contributed by atoms with van der Waals surface area (Å²) in [6.45, 7) is 0.466. The molecule has 3 rings (SSSR count). The van der Waals surface area contributed by atoms with Crippen LogP contribution in [0.5, 0.6) is 11.5 Å². The highest BCUT2D eigenvalue weighted by Gasteiger charge is 2.09. The summed E-state index contributed by atoms with van der Waals surface area (Å²) in [5, 5.41) is 12.2. The van der Waals surface area contributed by atoms with Gasteiger partial charge in [-0.2, -0.15) is 0 Å². The van der Waals surface area contributed by atoms with E-state index in [0.717, 1.165) is 5.56 Å². The molecule has 1 heterocycles. The monoisotopic (exact) mass is 320 g/mol. The number of nitrogens with zero attached hydrogens (tertiary/aromatic N) is 1. The van der Waals surface area contributed by atoms with Crippen LogP contribution in [0.25, 0.3) is 0 Å². The van der Waals surface area contributed by atoms with Gasteiger partial charge >= 0.3 is 0 Å². The predicted molar refractivity (Wildman–Crippen MR) is 91.1 cm³/mol. The normalized spacial score (nSPS) is 10.2. The SMILES string of the molecule is O=C(Nc1ncccc1O)c1ccc(OCc2ccccc2)cc1. The van der Waals surface area contributed by atoms with E-state index in [0.29, 0.717) is 17.9 Å². The lowest BCUT2D eigenvalue weighted by molar-refractivity contribution is 0.102. The van der Waals surface area contributed by atoms with Crippen molar-refractivity contribution >= 4 is 11.7 Å². The Bertz CT molecular complexity index is 818. The number of pyridine rings is 1. The van der Waals surface area contributed by atoms with Crippen molar-refractivity contribution in [2.24, 2.45) is 0 Å². The first-order valence-electron chi connectivity index (χ1n) is 7.44. The van der Waals surface area contributed by atoms with Gasteiger partial charge in [0.2, 0.25) is 0 Å². The van der Waals surface area contributed by atoms with E-state index < -0.39 is 0 Å². The first kappa shape index (κ1) is 15.6. The molecule has 0 unspecified atom stereocenters. The Kier molecular flexibility index (Phi) is 4.72. The van der Waals surface area contributed by atoms with Crippen LogP contribution in [-0.4, -0.2) is 16.0 Å². The summed E-state index contributed by atoms with van der Waals surface area (Å²) in [4.78, 5) is 16.1. The van der Waals surface area contributed by atoms with E-state index in [1.807, 2.05) is 30.3 Å². The molecular weight excluding hydrogens is 304 g/mol. The van der Waals surface area contributed by atoms with Crippen molar-refractivity contribution in [1.29, 1.82) is 0 Å². The fourth-order valence-electron chi connectivity index (χ4n) is 2.12. The molecule has 2 N–H and O–H groups in total. The summed E-state index contributed by atoms with van der Waals surface area (Å²) in [5.74, 6) is 0.385. The van der Waals surface area contributed by atoms with Gasteiger partial charge in [-0.05, 0) is 42.0 Å². The van der Waals surface area contributed by atoms with Gasteiger partial charge in [-0.1, -0.05) is 30.3 Å². The van der Waals surface area contributed by atoms with Crippen molar-refractivity contribution in [3.05, 3.63) is 84.1 Å². The standard InChI is InChI=1S/C19H16N2O3/c22-17-7-4-12-20-18(17)21-19(23)15-8-10-16(11-9-15)24-13-14-5-2-1-3-6-14/h1-12,22H,13H2,(H,20,21,23). The molecule has 0 fully saturated rings. The molecule has 120 valence electrons. The molecule has 0 aliphatic carbocycles. The van der Waals surface area contributed by atoms with Gasteiger partial charge in [0.05, 0.1) is 0 Å². The maximum atomic E-state index is 12.2. The molecule has 24 heavy (non-hydrogen) atoms. The van der Waals surface area contributed by atoms with Crippen molar-refractivity contribution in [1.82, 2.24) is 4.98 Å². The maximum absolute atomic E-state index is 12.2. The van der Waals surface area contributed by atoms with Gasteiger partial charge in [0.25, 0.3) is 5.91 Å². The number of nitrogens with one attached hydrogen (secondary N) is 1. The van der Waals surface area contributed by atoms with E-state index in [-0.39, 0.29) is 17.5 Å². The zero-order chi connectivity index (χ0) is 16.8. The van der Waals surface area contributed by atoms with Crippen LogP contribution in [-0.2, 0) is 6.61 Å². The highest BCUT2D eigenvalue weighted by atomic mass is 16.5. The summed E-state index contributed by atoms with van der Waals surface area (Å²) in [5.41, 5.74) is 1.53. The second kappa shape index (κ2) is 7.28. The van der Waals surface area contributed by atoms with Gasteiger partial charge in [0.15, 0.2) is 11.6 Å². The average molecular weight is 320 g/mol. The van der Waals surface area contributed by atoms with E-state index in [9.17, 15) is 9.90 Å². The number of hydrogen-bond donors (Lipinski definition) is 2. The number of aromatic nitrogens is 1. The van der Waals surface area contributed by atoms with Crippen LogP contribution in [0.2, 0.25) is 0 Å². The molecule has 1 amide bonds. The summed E-state index contributed by atoms with van der Waals surface area (Å²) >= 11 is 0. The predicted octanol–water partition coefficient (Wildman–Crippen LogP) is 3.62. The van der Waals surface area contributed by atoms with Crippen LogP contribution in [0.4, 0.5) is 5.82 Å². The van der Waals surface area contributed by atoms with Crippen molar-refractivity contribution in [2.45, 2.75) is 6.61 Å². The molecule has 0 bridgehead atoms. The van der Waals surface area contributed by atoms with Gasteiger partial charge in [0, 0.05) is 11.8 Å². The zero-order valence-electron chi connectivity index (χ0n) is 12.8. The molecule has 5 heteroatoms. The third-order valence-electron chi connectivity index (χ3n) is 3.38. The minimum absolute atomic E-state index is 0.0753. The van der Waals surface area contributed by atoms with Crippen LogP contribution >= 0.6 is 0 Å². The number of carbonyl (C=O) groups excluding carboxylic acids is 1. The van der Waals surface area contributed by atoms with Gasteiger partial charge in [-0.3, -0.25) is 4.79 Å². The Hall–Kier alpha value is -3.34. The summed E-state index contributed by atoms with van der Waals surface area (Å²) in [6, 6.07) is 19.7. The first-order chi connectivity index (χ1) is 11.7. The van der Waals surface area contributed by atoms with Gasteiger partial charge in [0.1, 0.15) is 12.4 Å². The van der Waals surface area contributed by atoms with E-state index in [1.165, 1.54) is 12.3 Å². The number of hydrogen-bond acceptors (Lipinski definition) is 4. The number of amides is 1. The first-order valence-corrected chi connectivity index (χ1v) is 7.44. The third kappa shape index (κ3) is 3.89. The third-order valence-corrected chi connectivity index (χ3v) is 3.38. The number of carbonyl (C=O) groups is 1. The fourth-order valence-corrected chi connectivity index (χ4v) is 2.12. The molecule has 0 spiro atoms. The molecular formula is C19H16N2O3. The topological polar surface area (TPSA) is 71.5 Å². The van der Waals surface area contributed by atoms with Crippen molar-refractivity contribution < 1.29 is 14.6 Å². The second-order valence-electron chi connectivity index (χ2n) is 5.12. The van der Waals surface area contributed by atoms with Crippen molar-refractivity contribution in [3.63, 3.8) is 0 Å². The van der Waals surface area contributed by atoms with Crippen LogP contribution in [0.3, 0.4) is 0 Å². The van der Waals surface area contributed by atoms with Crippen LogP contribution in [0.15, 0.2) is 72.9 Å². The van der Waals surface area contributed by atoms with Crippen molar-refractivity contribution in [3.8, 4) is 11.5 Å². The molecule has 3 aromatic rings. The Balaban J connectivity index is 1.61. The summed E-state index contributed by atoms with van der Waals surface area (Å²) in [7, 11) is 0. The Morgan fingerprint density at radius 1 is 1.00 bits per heavy atom. The number of benzene rings is 2. The number of aromatic hydroxyl groups is 1. The highest BCUT2D eigenvalue weighted by Crippen LogP contribution is 2.20. The van der Waals surface area contributed by atoms with E-state index in [2.05, 4.69) is 10.3 Å². The van der Waals surface area contributed by atoms with Crippen LogP contribution in [0, 0.1) is 0 Å². The molecule has 0 radical (unpaired) electrons. The van der Waals surface area contributed by atoms with Gasteiger partial charge in [-0.25, -0.2) is 4.98 Å². The Morgan fingerprint density at radius 2 is 1.75 bits per heavy atom. The molecule has 0 saturated carbocycles. The highest BCUT2D eigenvalue weighted by molar-refractivity contribution is 6.04. The van der Waals surface area contributed by atoms with E-state index in [4.69, 9.17) is 4.74 Å². The lowest BCUT2D eigenvalue weighted by Gasteiger charge is -2.08. The largest absolute Gasteiger partial charge is 0.504 e. The second-order valence-corrected chi connectivity index (χ2v) is 5.12. The zero-order valence-corrected chi connectivity index (χ0v) is 12.8. The van der Waals surface area contributed by atoms with E-state index in [1.54, 1.807) is 30.3 Å². The number of rotatable bonds is 5. The number of anilines is 1. The fraction of sp³-hybridized carbons (Fsp3) is 0.0526. The summed E-state index contributed by atoms with van der Waals surface area (Å²) < 4.78 is 5.68. The van der Waals surface area contributed by atoms with Gasteiger partial charge < -0.3 is 15.2 Å². The Morgan fingerprint density at radius 3 is 2.46 bits per heavy atom. The molecule has 2 aromatic carbocycles. The molecule has 0 aliphatic rings.